The van der Waals surface area contributed by atoms with Crippen LogP contribution < -0.4 is 9.80 Å². The highest BCUT2D eigenvalue weighted by Gasteiger charge is 2.25. The van der Waals surface area contributed by atoms with Gasteiger partial charge in [-0.3, -0.25) is 0 Å². The van der Waals surface area contributed by atoms with Crippen molar-refractivity contribution in [3.05, 3.63) is 248 Å². The lowest BCUT2D eigenvalue weighted by atomic mass is 9.83. The highest BCUT2D eigenvalue weighted by atomic mass is 16.3. The fourth-order valence-electron chi connectivity index (χ4n) is 14.2. The van der Waals surface area contributed by atoms with Crippen molar-refractivity contribution < 1.29 is 8.83 Å². The molecule has 2 saturated carbocycles. The predicted molar refractivity (Wildman–Crippen MR) is 339 cm³/mol. The van der Waals surface area contributed by atoms with Gasteiger partial charge in [0.2, 0.25) is 0 Å². The fourth-order valence-corrected chi connectivity index (χ4v) is 14.2. The Labute approximate surface area is 471 Å². The number of fused-ring (bicyclic) bond motifs is 10. The molecule has 81 heavy (non-hydrogen) atoms. The Balaban J connectivity index is 0.867. The quantitative estimate of drug-likeness (QED) is 0.137. The van der Waals surface area contributed by atoms with Crippen LogP contribution in [0.1, 0.15) is 87.2 Å². The first-order valence-corrected chi connectivity index (χ1v) is 29.4. The third kappa shape index (κ3) is 8.28. The van der Waals surface area contributed by atoms with Gasteiger partial charge in [-0.2, -0.15) is 0 Å². The van der Waals surface area contributed by atoms with E-state index in [0.29, 0.717) is 11.8 Å². The zero-order chi connectivity index (χ0) is 53.4. The van der Waals surface area contributed by atoms with Gasteiger partial charge < -0.3 is 23.2 Å². The number of hydrogen-bond acceptors (Lipinski definition) is 4. The Morgan fingerprint density at radius 3 is 1.40 bits per heavy atom. The third-order valence-corrected chi connectivity index (χ3v) is 18.1. The van der Waals surface area contributed by atoms with Gasteiger partial charge in [-0.1, -0.05) is 166 Å². The highest BCUT2D eigenvalue weighted by Crippen LogP contribution is 2.47. The van der Waals surface area contributed by atoms with Gasteiger partial charge >= 0.3 is 0 Å². The van der Waals surface area contributed by atoms with Crippen LogP contribution in [0.25, 0.3) is 93.3 Å². The van der Waals surface area contributed by atoms with Crippen molar-refractivity contribution in [3.63, 3.8) is 0 Å². The van der Waals surface area contributed by atoms with Gasteiger partial charge in [0.05, 0.1) is 11.0 Å². The lowest BCUT2D eigenvalue weighted by Crippen LogP contribution is -2.10. The molecule has 11 aromatic carbocycles. The second-order valence-electron chi connectivity index (χ2n) is 22.9. The number of para-hydroxylation sites is 4. The van der Waals surface area contributed by atoms with Crippen molar-refractivity contribution in [2.45, 2.75) is 76.0 Å². The van der Waals surface area contributed by atoms with E-state index in [9.17, 15) is 0 Å². The second kappa shape index (κ2) is 19.8. The van der Waals surface area contributed by atoms with Gasteiger partial charge in [-0.05, 0) is 180 Å². The van der Waals surface area contributed by atoms with E-state index in [1.807, 2.05) is 0 Å². The SMILES string of the molecule is c1ccc(-c2cccc(-n3c4cc(N(c5ccccc5)c5ccc6oc7c(C8CCCCC8)cccc7c6c5)ccc4c4cc5ccc(N(c6ccccc6)c6ccc7oc8c(C9CCCCC9)cccc8c7c6)cc5cc43)c2)cc1. The van der Waals surface area contributed by atoms with Gasteiger partial charge in [-0.15, -0.1) is 0 Å². The molecule has 2 aliphatic carbocycles. The fraction of sp³-hybridized carbons (Fsp3) is 0.158. The highest BCUT2D eigenvalue weighted by molar-refractivity contribution is 6.15. The summed E-state index contributed by atoms with van der Waals surface area (Å²) in [7, 11) is 0. The molecule has 0 spiro atoms. The summed E-state index contributed by atoms with van der Waals surface area (Å²) in [5.41, 5.74) is 18.9. The maximum atomic E-state index is 6.80. The van der Waals surface area contributed by atoms with Crippen molar-refractivity contribution in [2.24, 2.45) is 0 Å². The van der Waals surface area contributed by atoms with Crippen LogP contribution in [-0.2, 0) is 0 Å². The van der Waals surface area contributed by atoms with E-state index >= 15 is 0 Å². The Kier molecular flexibility index (Phi) is 11.6. The minimum atomic E-state index is 0.545. The van der Waals surface area contributed by atoms with Crippen LogP contribution >= 0.6 is 0 Å². The maximum absolute atomic E-state index is 6.80. The van der Waals surface area contributed by atoms with E-state index in [2.05, 4.69) is 251 Å². The summed E-state index contributed by atoms with van der Waals surface area (Å²) in [6.45, 7) is 0. The van der Waals surface area contributed by atoms with E-state index in [4.69, 9.17) is 8.83 Å². The number of hydrogen-bond donors (Lipinski definition) is 0. The molecule has 0 N–H and O–H groups in total. The Morgan fingerprint density at radius 1 is 0.309 bits per heavy atom. The molecule has 2 fully saturated rings. The first-order chi connectivity index (χ1) is 40.1. The number of nitrogens with zero attached hydrogens (tertiary/aromatic N) is 3. The lowest BCUT2D eigenvalue weighted by Gasteiger charge is -2.26. The summed E-state index contributed by atoms with van der Waals surface area (Å²) < 4.78 is 16.1. The van der Waals surface area contributed by atoms with Crippen molar-refractivity contribution in [1.29, 1.82) is 0 Å². The molecule has 3 aromatic heterocycles. The number of aromatic nitrogens is 1. The number of benzene rings is 11. The molecule has 16 rings (SSSR count). The molecule has 0 amide bonds. The van der Waals surface area contributed by atoms with E-state index in [1.165, 1.54) is 113 Å². The largest absolute Gasteiger partial charge is 0.456 e. The lowest BCUT2D eigenvalue weighted by molar-refractivity contribution is 0.442. The molecule has 0 atom stereocenters. The van der Waals surface area contributed by atoms with Crippen LogP contribution in [0.4, 0.5) is 34.1 Å². The maximum Gasteiger partial charge on any atom is 0.138 e. The van der Waals surface area contributed by atoms with Gasteiger partial charge in [0.15, 0.2) is 0 Å². The summed E-state index contributed by atoms with van der Waals surface area (Å²) in [5, 5.41) is 9.42. The minimum Gasteiger partial charge on any atom is -0.456 e. The predicted octanol–water partition coefficient (Wildman–Crippen LogP) is 22.4. The van der Waals surface area contributed by atoms with E-state index < -0.39 is 0 Å². The van der Waals surface area contributed by atoms with Gasteiger partial charge in [0.25, 0.3) is 0 Å². The summed E-state index contributed by atoms with van der Waals surface area (Å²) >= 11 is 0. The third-order valence-electron chi connectivity index (χ3n) is 18.1. The summed E-state index contributed by atoms with van der Waals surface area (Å²) in [6.07, 6.45) is 12.7. The van der Waals surface area contributed by atoms with Crippen LogP contribution in [0.15, 0.2) is 245 Å². The first kappa shape index (κ1) is 47.7. The molecule has 0 bridgehead atoms. The van der Waals surface area contributed by atoms with Crippen molar-refractivity contribution >= 4 is 111 Å². The van der Waals surface area contributed by atoms with Crippen molar-refractivity contribution in [2.75, 3.05) is 9.80 Å². The first-order valence-electron chi connectivity index (χ1n) is 29.4. The van der Waals surface area contributed by atoms with Crippen LogP contribution in [0.2, 0.25) is 0 Å². The van der Waals surface area contributed by atoms with Crippen molar-refractivity contribution in [1.82, 2.24) is 4.57 Å². The molecule has 5 nitrogen and oxygen atoms in total. The van der Waals surface area contributed by atoms with Crippen molar-refractivity contribution in [3.8, 4) is 16.8 Å². The molecule has 0 saturated heterocycles. The van der Waals surface area contributed by atoms with E-state index in [-0.39, 0.29) is 0 Å². The zero-order valence-electron chi connectivity index (χ0n) is 45.4. The molecular weight excluding hydrogens is 987 g/mol. The summed E-state index contributed by atoms with van der Waals surface area (Å²) in [4.78, 5) is 4.81. The van der Waals surface area contributed by atoms with E-state index in [1.54, 1.807) is 0 Å². The molecule has 0 unspecified atom stereocenters. The van der Waals surface area contributed by atoms with Crippen LogP contribution in [0.5, 0.6) is 0 Å². The smallest absolute Gasteiger partial charge is 0.138 e. The number of furan rings is 2. The van der Waals surface area contributed by atoms with Gasteiger partial charge in [0.1, 0.15) is 22.3 Å². The second-order valence-corrected chi connectivity index (χ2v) is 22.9. The molecule has 2 aliphatic rings. The normalized spacial score (nSPS) is 14.6. The molecule has 14 aromatic rings. The Bertz CT molecular complexity index is 4670. The molecule has 392 valence electrons. The monoisotopic (exact) mass is 1050 g/mol. The zero-order valence-corrected chi connectivity index (χ0v) is 45.4. The average Bonchev–Trinajstić information content (AvgIpc) is 4.32. The molecule has 0 radical (unpaired) electrons. The van der Waals surface area contributed by atoms with E-state index in [0.717, 1.165) is 89.3 Å². The van der Waals surface area contributed by atoms with Crippen LogP contribution in [0.3, 0.4) is 0 Å². The van der Waals surface area contributed by atoms with Crippen LogP contribution in [0, 0.1) is 0 Å². The topological polar surface area (TPSA) is 37.7 Å². The summed E-state index contributed by atoms with van der Waals surface area (Å²) in [5.74, 6) is 1.09. The van der Waals surface area contributed by atoms with Gasteiger partial charge in [-0.25, -0.2) is 0 Å². The number of anilines is 6. The Hall–Kier alpha value is -9.32. The summed E-state index contributed by atoms with van der Waals surface area (Å²) in [6, 6.07) is 87.3. The standard InChI is InChI=1S/C76H61N3O2/c1-6-19-50(20-7-1)53-25-16-30-58(43-53)79-71-46-55-44-59(77(56-26-12-4-13-27-56)60-38-41-73-69(47-60)66-33-17-31-63(75(66)80-73)51-21-8-2-9-22-51)36-35-54(55)45-68(71)65-40-37-62(49-72(65)79)78(57-28-14-5-15-29-57)61-39-42-74-70(48-61)67-34-18-32-64(76(67)81-74)52-23-10-3-11-24-52/h1,4-7,12-20,25-49,51-52H,2-3,8-11,21-24H2. The number of rotatable bonds is 10. The average molecular weight is 1050 g/mol. The molecule has 5 heteroatoms. The molecule has 0 aliphatic heterocycles. The Morgan fingerprint density at radius 2 is 0.802 bits per heavy atom. The van der Waals surface area contributed by atoms with Gasteiger partial charge in [0, 0.05) is 72.1 Å². The molecular formula is C76H61N3O2. The minimum absolute atomic E-state index is 0.545. The van der Waals surface area contributed by atoms with Crippen LogP contribution in [-0.4, -0.2) is 4.57 Å². The molecule has 3 heterocycles.